The summed E-state index contributed by atoms with van der Waals surface area (Å²) in [5.74, 6) is 0. The summed E-state index contributed by atoms with van der Waals surface area (Å²) in [6.45, 7) is 6.18. The fourth-order valence-electron chi connectivity index (χ4n) is 1.21. The molecule has 13 heavy (non-hydrogen) atoms. The topological polar surface area (TPSA) is 12.9 Å². The number of hydrogen-bond acceptors (Lipinski definition) is 2. The van der Waals surface area contributed by atoms with Gasteiger partial charge in [-0.25, -0.2) is 0 Å². The number of rotatable bonds is 1. The molecule has 1 nitrogen and oxygen atoms in total. The van der Waals surface area contributed by atoms with E-state index in [0.717, 1.165) is 11.9 Å². The van der Waals surface area contributed by atoms with Gasteiger partial charge in [0.25, 0.3) is 0 Å². The van der Waals surface area contributed by atoms with Crippen molar-refractivity contribution in [2.45, 2.75) is 27.2 Å². The standard InChI is InChI=1S/C9H9NS.C2H6/c1-2-7-3-5-10-8-4-6-11-9(7)8;1-2/h3-6H,2H2,1H3;1-2H3. The van der Waals surface area contributed by atoms with Crippen LogP contribution in [-0.4, -0.2) is 4.98 Å². The van der Waals surface area contributed by atoms with E-state index in [9.17, 15) is 0 Å². The number of fused-ring (bicyclic) bond motifs is 1. The van der Waals surface area contributed by atoms with Crippen molar-refractivity contribution >= 4 is 21.6 Å². The van der Waals surface area contributed by atoms with Gasteiger partial charge in [-0.3, -0.25) is 4.98 Å². The SMILES string of the molecule is CC.CCc1ccnc2ccsc12. The maximum absolute atomic E-state index is 4.26. The van der Waals surface area contributed by atoms with Crippen LogP contribution < -0.4 is 0 Å². The van der Waals surface area contributed by atoms with E-state index in [1.165, 1.54) is 10.3 Å². The molecule has 0 unspecified atom stereocenters. The van der Waals surface area contributed by atoms with Gasteiger partial charge in [-0.15, -0.1) is 11.3 Å². The molecule has 2 aromatic heterocycles. The molecule has 2 heteroatoms. The van der Waals surface area contributed by atoms with Gasteiger partial charge in [-0.2, -0.15) is 0 Å². The van der Waals surface area contributed by atoms with Crippen molar-refractivity contribution in [2.75, 3.05) is 0 Å². The molecule has 0 fully saturated rings. The van der Waals surface area contributed by atoms with E-state index in [4.69, 9.17) is 0 Å². The molecule has 0 amide bonds. The largest absolute Gasteiger partial charge is 0.255 e. The molecule has 0 saturated heterocycles. The van der Waals surface area contributed by atoms with Gasteiger partial charge in [-0.05, 0) is 29.5 Å². The van der Waals surface area contributed by atoms with Crippen LogP contribution >= 0.6 is 11.3 Å². The van der Waals surface area contributed by atoms with Gasteiger partial charge in [0.1, 0.15) is 0 Å². The molecule has 2 heterocycles. The van der Waals surface area contributed by atoms with Gasteiger partial charge in [-0.1, -0.05) is 20.8 Å². The Morgan fingerprint density at radius 3 is 2.77 bits per heavy atom. The Labute approximate surface area is 83.4 Å². The molecule has 0 saturated carbocycles. The number of nitrogens with zero attached hydrogens (tertiary/aromatic N) is 1. The fraction of sp³-hybridized carbons (Fsp3) is 0.364. The average Bonchev–Trinajstić information content (AvgIpc) is 2.68. The Morgan fingerprint density at radius 2 is 2.08 bits per heavy atom. The molecule has 0 aliphatic rings. The van der Waals surface area contributed by atoms with Crippen LogP contribution in [0.15, 0.2) is 23.7 Å². The lowest BCUT2D eigenvalue weighted by atomic mass is 10.2. The lowest BCUT2D eigenvalue weighted by Gasteiger charge is -1.95. The van der Waals surface area contributed by atoms with E-state index >= 15 is 0 Å². The van der Waals surface area contributed by atoms with Gasteiger partial charge in [0.2, 0.25) is 0 Å². The summed E-state index contributed by atoms with van der Waals surface area (Å²) in [6, 6.07) is 4.16. The predicted molar refractivity (Wildman–Crippen MR) is 60.3 cm³/mol. The molecule has 0 spiro atoms. The first-order chi connectivity index (χ1) is 6.42. The van der Waals surface area contributed by atoms with Crippen LogP contribution in [0.25, 0.3) is 10.2 Å². The van der Waals surface area contributed by atoms with Gasteiger partial charge < -0.3 is 0 Å². The predicted octanol–water partition coefficient (Wildman–Crippen LogP) is 3.88. The minimum atomic E-state index is 1.10. The van der Waals surface area contributed by atoms with E-state index < -0.39 is 0 Å². The van der Waals surface area contributed by atoms with Crippen molar-refractivity contribution in [1.29, 1.82) is 0 Å². The molecule has 0 aliphatic heterocycles. The zero-order chi connectivity index (χ0) is 9.68. The van der Waals surface area contributed by atoms with Crippen molar-refractivity contribution in [2.24, 2.45) is 0 Å². The molecule has 2 rings (SSSR count). The van der Waals surface area contributed by atoms with Crippen LogP contribution in [0.1, 0.15) is 26.3 Å². The zero-order valence-corrected chi connectivity index (χ0v) is 9.19. The lowest BCUT2D eigenvalue weighted by molar-refractivity contribution is 1.15. The summed E-state index contributed by atoms with van der Waals surface area (Å²) in [7, 11) is 0. The third kappa shape index (κ3) is 2.07. The van der Waals surface area contributed by atoms with Gasteiger partial charge >= 0.3 is 0 Å². The van der Waals surface area contributed by atoms with Crippen LogP contribution in [0, 0.1) is 0 Å². The number of aromatic nitrogens is 1. The number of aryl methyl sites for hydroxylation is 1. The van der Waals surface area contributed by atoms with E-state index in [1.54, 1.807) is 11.3 Å². The molecular formula is C11H15NS. The summed E-state index contributed by atoms with van der Waals surface area (Å²) < 4.78 is 1.34. The first-order valence-corrected chi connectivity index (χ1v) is 5.61. The van der Waals surface area contributed by atoms with E-state index in [-0.39, 0.29) is 0 Å². The van der Waals surface area contributed by atoms with Crippen LogP contribution in [0.2, 0.25) is 0 Å². The lowest BCUT2D eigenvalue weighted by Crippen LogP contribution is -1.80. The van der Waals surface area contributed by atoms with Gasteiger partial charge in [0, 0.05) is 6.20 Å². The highest BCUT2D eigenvalue weighted by atomic mass is 32.1. The highest BCUT2D eigenvalue weighted by molar-refractivity contribution is 7.17. The van der Waals surface area contributed by atoms with Crippen LogP contribution in [-0.2, 0) is 6.42 Å². The van der Waals surface area contributed by atoms with Gasteiger partial charge in [0.05, 0.1) is 10.2 Å². The summed E-state index contributed by atoms with van der Waals surface area (Å²) in [4.78, 5) is 4.26. The Kier molecular flexibility index (Phi) is 3.90. The highest BCUT2D eigenvalue weighted by Gasteiger charge is 1.99. The smallest absolute Gasteiger partial charge is 0.0812 e. The molecule has 0 aliphatic carbocycles. The van der Waals surface area contributed by atoms with E-state index in [0.29, 0.717) is 0 Å². The Morgan fingerprint density at radius 1 is 1.31 bits per heavy atom. The van der Waals surface area contributed by atoms with E-state index in [1.807, 2.05) is 20.0 Å². The monoisotopic (exact) mass is 193 g/mol. The van der Waals surface area contributed by atoms with Gasteiger partial charge in [0.15, 0.2) is 0 Å². The van der Waals surface area contributed by atoms with Crippen molar-refractivity contribution in [3.8, 4) is 0 Å². The highest BCUT2D eigenvalue weighted by Crippen LogP contribution is 2.22. The first-order valence-electron chi connectivity index (χ1n) is 4.73. The maximum Gasteiger partial charge on any atom is 0.0812 e. The third-order valence-electron chi connectivity index (χ3n) is 1.81. The Bertz CT molecular complexity index is 365. The maximum atomic E-state index is 4.26. The molecule has 0 atom stereocenters. The summed E-state index contributed by atoms with van der Waals surface area (Å²) in [5.41, 5.74) is 2.54. The van der Waals surface area contributed by atoms with E-state index in [2.05, 4.69) is 29.4 Å². The minimum Gasteiger partial charge on any atom is -0.255 e. The second-order valence-electron chi connectivity index (χ2n) is 2.46. The zero-order valence-electron chi connectivity index (χ0n) is 8.37. The van der Waals surface area contributed by atoms with Crippen molar-refractivity contribution in [1.82, 2.24) is 4.98 Å². The molecule has 2 aromatic rings. The fourth-order valence-corrected chi connectivity index (χ4v) is 2.14. The van der Waals surface area contributed by atoms with Crippen LogP contribution in [0.4, 0.5) is 0 Å². The second kappa shape index (κ2) is 4.97. The van der Waals surface area contributed by atoms with Crippen LogP contribution in [0.5, 0.6) is 0 Å². The normalized spacial score (nSPS) is 9.46. The molecule has 0 N–H and O–H groups in total. The molecule has 70 valence electrons. The first kappa shape index (κ1) is 10.2. The quantitative estimate of drug-likeness (QED) is 0.669. The number of hydrogen-bond donors (Lipinski definition) is 0. The molecule has 0 radical (unpaired) electrons. The Hall–Kier alpha value is -0.890. The molecule has 0 bridgehead atoms. The minimum absolute atomic E-state index is 1.10. The average molecular weight is 193 g/mol. The van der Waals surface area contributed by atoms with Crippen LogP contribution in [0.3, 0.4) is 0 Å². The third-order valence-corrected chi connectivity index (χ3v) is 2.79. The summed E-state index contributed by atoms with van der Waals surface area (Å²) in [6.07, 6.45) is 2.98. The summed E-state index contributed by atoms with van der Waals surface area (Å²) >= 11 is 1.78. The van der Waals surface area contributed by atoms with Crippen molar-refractivity contribution in [3.05, 3.63) is 29.3 Å². The summed E-state index contributed by atoms with van der Waals surface area (Å²) in [5, 5.41) is 2.09. The number of thiophene rings is 1. The van der Waals surface area contributed by atoms with Crippen molar-refractivity contribution in [3.63, 3.8) is 0 Å². The molecule has 0 aromatic carbocycles. The second-order valence-corrected chi connectivity index (χ2v) is 3.37. The Balaban J connectivity index is 0.000000396. The molecular weight excluding hydrogens is 178 g/mol. The number of pyridine rings is 1. The van der Waals surface area contributed by atoms with Crippen molar-refractivity contribution < 1.29 is 0 Å².